The highest BCUT2D eigenvalue weighted by atomic mass is 79.9. The molecule has 21 heavy (non-hydrogen) atoms. The minimum absolute atomic E-state index is 0.112. The van der Waals surface area contributed by atoms with E-state index in [1.165, 1.54) is 6.07 Å². The molecule has 0 aliphatic heterocycles. The van der Waals surface area contributed by atoms with Crippen LogP contribution in [0, 0.1) is 5.82 Å². The molecule has 0 aliphatic rings. The maximum absolute atomic E-state index is 13.3. The van der Waals surface area contributed by atoms with Crippen LogP contribution in [-0.4, -0.2) is 11.8 Å². The highest BCUT2D eigenvalue weighted by Crippen LogP contribution is 2.33. The summed E-state index contributed by atoms with van der Waals surface area (Å²) < 4.78 is 14.3. The summed E-state index contributed by atoms with van der Waals surface area (Å²) in [6.07, 6.45) is 0.599. The summed E-state index contributed by atoms with van der Waals surface area (Å²) >= 11 is 21.7. The molecule has 0 aliphatic carbocycles. The molecule has 0 atom stereocenters. The molecule has 0 saturated carbocycles. The first kappa shape index (κ1) is 17.1. The van der Waals surface area contributed by atoms with Crippen molar-refractivity contribution in [2.24, 2.45) is 0 Å². The third-order valence-corrected chi connectivity index (χ3v) is 5.34. The molecule has 0 nitrogen and oxygen atoms in total. The van der Waals surface area contributed by atoms with E-state index >= 15 is 0 Å². The van der Waals surface area contributed by atoms with Crippen LogP contribution in [0.4, 0.5) is 4.39 Å². The van der Waals surface area contributed by atoms with E-state index in [1.807, 2.05) is 24.3 Å². The Morgan fingerprint density at radius 2 is 1.62 bits per heavy atom. The van der Waals surface area contributed by atoms with Crippen LogP contribution in [0.2, 0.25) is 5.02 Å². The van der Waals surface area contributed by atoms with E-state index in [9.17, 15) is 4.39 Å². The highest BCUT2D eigenvalue weighted by Gasteiger charge is 2.31. The lowest BCUT2D eigenvalue weighted by atomic mass is 9.79. The van der Waals surface area contributed by atoms with Gasteiger partial charge in [-0.1, -0.05) is 45.7 Å². The molecule has 0 amide bonds. The Morgan fingerprint density at radius 1 is 1.00 bits per heavy atom. The molecule has 5 heteroatoms. The van der Waals surface area contributed by atoms with E-state index in [-0.39, 0.29) is 5.02 Å². The van der Waals surface area contributed by atoms with E-state index in [0.29, 0.717) is 18.2 Å². The van der Waals surface area contributed by atoms with Gasteiger partial charge in [-0.15, -0.1) is 23.2 Å². The summed E-state index contributed by atoms with van der Waals surface area (Å²) in [6, 6.07) is 12.6. The fourth-order valence-electron chi connectivity index (χ4n) is 2.23. The number of benzene rings is 2. The van der Waals surface area contributed by atoms with Gasteiger partial charge in [-0.25, -0.2) is 4.39 Å². The van der Waals surface area contributed by atoms with Gasteiger partial charge in [0, 0.05) is 21.6 Å². The smallest absolute Gasteiger partial charge is 0.141 e. The van der Waals surface area contributed by atoms with Gasteiger partial charge in [0.2, 0.25) is 0 Å². The molecule has 0 radical (unpaired) electrons. The first-order valence-electron chi connectivity index (χ1n) is 6.33. The molecule has 0 bridgehead atoms. The average molecular weight is 411 g/mol. The zero-order chi connectivity index (χ0) is 15.5. The predicted octanol–water partition coefficient (Wildman–Crippen LogP) is 6.20. The molecule has 0 heterocycles. The van der Waals surface area contributed by atoms with Crippen molar-refractivity contribution >= 4 is 50.7 Å². The van der Waals surface area contributed by atoms with Crippen molar-refractivity contribution < 1.29 is 4.39 Å². The Labute approximate surface area is 147 Å². The second kappa shape index (κ2) is 7.32. The largest absolute Gasteiger partial charge is 0.205 e. The Kier molecular flexibility index (Phi) is 5.96. The van der Waals surface area contributed by atoms with Crippen molar-refractivity contribution in [1.82, 2.24) is 0 Å². The summed E-state index contributed by atoms with van der Waals surface area (Å²) in [5, 5.41) is 0.112. The second-order valence-corrected chi connectivity index (χ2v) is 6.84. The van der Waals surface area contributed by atoms with Crippen molar-refractivity contribution in [1.29, 1.82) is 0 Å². The molecule has 0 spiro atoms. The Bertz CT molecular complexity index is 609. The van der Waals surface area contributed by atoms with Gasteiger partial charge in [0.05, 0.1) is 5.02 Å². The lowest BCUT2D eigenvalue weighted by molar-refractivity contribution is 0.535. The number of rotatable bonds is 5. The van der Waals surface area contributed by atoms with Gasteiger partial charge >= 0.3 is 0 Å². The van der Waals surface area contributed by atoms with Crippen molar-refractivity contribution in [3.05, 3.63) is 68.9 Å². The molecule has 0 fully saturated rings. The third-order valence-electron chi connectivity index (χ3n) is 3.49. The van der Waals surface area contributed by atoms with Crippen LogP contribution in [0.25, 0.3) is 0 Å². The van der Waals surface area contributed by atoms with E-state index in [2.05, 4.69) is 15.9 Å². The maximum atomic E-state index is 13.3. The lowest BCUT2D eigenvalue weighted by Crippen LogP contribution is -2.33. The van der Waals surface area contributed by atoms with Gasteiger partial charge in [-0.2, -0.15) is 0 Å². The fourth-order valence-corrected chi connectivity index (χ4v) is 3.48. The van der Waals surface area contributed by atoms with Crippen LogP contribution in [0.3, 0.4) is 0 Å². The molecule has 0 aromatic heterocycles. The molecule has 0 saturated heterocycles. The Morgan fingerprint density at radius 3 is 2.14 bits per heavy atom. The minimum atomic E-state index is -0.425. The minimum Gasteiger partial charge on any atom is -0.205 e. The number of hydrogen-bond donors (Lipinski definition) is 0. The van der Waals surface area contributed by atoms with Gasteiger partial charge in [0.25, 0.3) is 0 Å². The van der Waals surface area contributed by atoms with E-state index < -0.39 is 11.2 Å². The quantitative estimate of drug-likeness (QED) is 0.515. The fraction of sp³-hybridized carbons (Fsp3) is 0.250. The summed E-state index contributed by atoms with van der Waals surface area (Å²) in [5.41, 5.74) is 1.55. The van der Waals surface area contributed by atoms with Crippen LogP contribution in [-0.2, 0) is 11.8 Å². The average Bonchev–Trinajstić information content (AvgIpc) is 2.49. The monoisotopic (exact) mass is 408 g/mol. The number of hydrogen-bond acceptors (Lipinski definition) is 0. The predicted molar refractivity (Wildman–Crippen MR) is 92.4 cm³/mol. The number of alkyl halides is 2. The standard InChI is InChI=1S/C16H13BrCl3F/c17-13-4-2-12(3-5-13)16(9-18,10-19)8-11-1-6-15(21)14(20)7-11/h1-7H,8-10H2. The van der Waals surface area contributed by atoms with E-state index in [0.717, 1.165) is 15.6 Å². The highest BCUT2D eigenvalue weighted by molar-refractivity contribution is 9.10. The summed E-state index contributed by atoms with van der Waals surface area (Å²) in [5.74, 6) is 0.312. The molecule has 112 valence electrons. The Hall–Kier alpha value is -0.280. The van der Waals surface area contributed by atoms with Crippen LogP contribution < -0.4 is 0 Å². The molecule has 2 aromatic carbocycles. The van der Waals surface area contributed by atoms with Gasteiger partial charge in [0.15, 0.2) is 0 Å². The zero-order valence-electron chi connectivity index (χ0n) is 11.1. The van der Waals surface area contributed by atoms with Crippen LogP contribution >= 0.6 is 50.7 Å². The SMILES string of the molecule is Fc1ccc(CC(CCl)(CCl)c2ccc(Br)cc2)cc1Cl. The molecule has 2 rings (SSSR count). The molecule has 0 unspecified atom stereocenters. The van der Waals surface area contributed by atoms with Crippen molar-refractivity contribution in [3.63, 3.8) is 0 Å². The van der Waals surface area contributed by atoms with Crippen LogP contribution in [0.5, 0.6) is 0 Å². The molecule has 0 N–H and O–H groups in total. The van der Waals surface area contributed by atoms with Crippen LogP contribution in [0.1, 0.15) is 11.1 Å². The van der Waals surface area contributed by atoms with E-state index in [4.69, 9.17) is 34.8 Å². The van der Waals surface area contributed by atoms with Crippen LogP contribution in [0.15, 0.2) is 46.9 Å². The van der Waals surface area contributed by atoms with Gasteiger partial charge in [0.1, 0.15) is 5.82 Å². The summed E-state index contributed by atoms with van der Waals surface area (Å²) in [6.45, 7) is 0. The molecule has 2 aromatic rings. The van der Waals surface area contributed by atoms with Gasteiger partial charge < -0.3 is 0 Å². The maximum Gasteiger partial charge on any atom is 0.141 e. The molecular formula is C16H13BrCl3F. The summed E-state index contributed by atoms with van der Waals surface area (Å²) in [7, 11) is 0. The lowest BCUT2D eigenvalue weighted by Gasteiger charge is -2.30. The van der Waals surface area contributed by atoms with Crippen molar-refractivity contribution in [2.45, 2.75) is 11.8 Å². The van der Waals surface area contributed by atoms with E-state index in [1.54, 1.807) is 12.1 Å². The van der Waals surface area contributed by atoms with Gasteiger partial charge in [-0.05, 0) is 41.8 Å². The normalized spacial score (nSPS) is 11.7. The summed E-state index contributed by atoms with van der Waals surface area (Å²) in [4.78, 5) is 0. The topological polar surface area (TPSA) is 0 Å². The second-order valence-electron chi connectivity index (χ2n) is 4.98. The van der Waals surface area contributed by atoms with Gasteiger partial charge in [-0.3, -0.25) is 0 Å². The zero-order valence-corrected chi connectivity index (χ0v) is 14.9. The van der Waals surface area contributed by atoms with Crippen molar-refractivity contribution in [3.8, 4) is 0 Å². The number of halogens is 5. The molecular weight excluding hydrogens is 397 g/mol. The first-order chi connectivity index (χ1) is 10.0. The third kappa shape index (κ3) is 3.92. The van der Waals surface area contributed by atoms with Crippen molar-refractivity contribution in [2.75, 3.05) is 11.8 Å². The Balaban J connectivity index is 2.37. The first-order valence-corrected chi connectivity index (χ1v) is 8.57.